The van der Waals surface area contributed by atoms with Crippen LogP contribution in [-0.2, 0) is 15.8 Å². The molecule has 190 valence electrons. The molecule has 0 spiro atoms. The van der Waals surface area contributed by atoms with Crippen LogP contribution in [-0.4, -0.2) is 60.9 Å². The average Bonchev–Trinajstić information content (AvgIpc) is 2.84. The third-order valence-electron chi connectivity index (χ3n) is 6.37. The Bertz CT molecular complexity index is 1220. The molecule has 0 bridgehead atoms. The van der Waals surface area contributed by atoms with Crippen molar-refractivity contribution < 1.29 is 22.8 Å². The lowest BCUT2D eigenvalue weighted by Gasteiger charge is -2.34. The van der Waals surface area contributed by atoms with Crippen molar-refractivity contribution in [3.05, 3.63) is 77.9 Å². The largest absolute Gasteiger partial charge is 0.418 e. The lowest BCUT2D eigenvalue weighted by atomic mass is 10.00. The van der Waals surface area contributed by atoms with Gasteiger partial charge in [-0.25, -0.2) is 0 Å². The van der Waals surface area contributed by atoms with Crippen LogP contribution in [0, 0.1) is 0 Å². The molecule has 1 unspecified atom stereocenters. The second kappa shape index (κ2) is 11.1. The van der Waals surface area contributed by atoms with Gasteiger partial charge in [0, 0.05) is 26.2 Å². The summed E-state index contributed by atoms with van der Waals surface area (Å²) in [6.45, 7) is 4.46. The summed E-state index contributed by atoms with van der Waals surface area (Å²) in [5.74, 6) is -0.577. The fourth-order valence-corrected chi connectivity index (χ4v) is 4.53. The molecule has 9 heteroatoms. The van der Waals surface area contributed by atoms with Crippen LogP contribution in [0.4, 0.5) is 18.9 Å². The normalized spacial score (nSPS) is 16.0. The summed E-state index contributed by atoms with van der Waals surface area (Å²) in [7, 11) is 0. The standard InChI is InChI=1S/C27H29F3N4O2/c1-19(21-10-6-8-20-7-2-3-9-22(20)21)31-25(35)17-33-13-15-34(16-14-33)18-26(36)32-24-12-5-4-11-23(24)27(28,29)30/h2-12,19H,13-18H2,1H3,(H,31,35)(H,32,36). The number of piperazine rings is 1. The van der Waals surface area contributed by atoms with Crippen molar-refractivity contribution in [1.29, 1.82) is 0 Å². The number of halogens is 3. The highest BCUT2D eigenvalue weighted by Crippen LogP contribution is 2.34. The number of para-hydroxylation sites is 1. The molecule has 1 aliphatic rings. The number of carbonyl (C=O) groups excluding carboxylic acids is 2. The van der Waals surface area contributed by atoms with E-state index in [1.807, 2.05) is 59.2 Å². The number of nitrogens with one attached hydrogen (secondary N) is 2. The van der Waals surface area contributed by atoms with E-state index < -0.39 is 17.6 Å². The first kappa shape index (κ1) is 25.7. The number of benzene rings is 3. The first-order valence-corrected chi connectivity index (χ1v) is 11.9. The zero-order valence-corrected chi connectivity index (χ0v) is 20.0. The van der Waals surface area contributed by atoms with E-state index in [0.29, 0.717) is 26.2 Å². The second-order valence-corrected chi connectivity index (χ2v) is 9.00. The van der Waals surface area contributed by atoms with Gasteiger partial charge in [-0.05, 0) is 35.4 Å². The molecule has 1 heterocycles. The third-order valence-corrected chi connectivity index (χ3v) is 6.37. The fourth-order valence-electron chi connectivity index (χ4n) is 4.53. The molecule has 0 radical (unpaired) electrons. The minimum atomic E-state index is -4.54. The summed E-state index contributed by atoms with van der Waals surface area (Å²) in [4.78, 5) is 28.9. The summed E-state index contributed by atoms with van der Waals surface area (Å²) >= 11 is 0. The van der Waals surface area contributed by atoms with Crippen molar-refractivity contribution in [3.63, 3.8) is 0 Å². The molecule has 3 aromatic rings. The number of hydrogen-bond acceptors (Lipinski definition) is 4. The highest BCUT2D eigenvalue weighted by molar-refractivity contribution is 5.93. The van der Waals surface area contributed by atoms with Crippen LogP contribution in [0.1, 0.15) is 24.1 Å². The van der Waals surface area contributed by atoms with Gasteiger partial charge in [-0.1, -0.05) is 54.6 Å². The van der Waals surface area contributed by atoms with E-state index >= 15 is 0 Å². The van der Waals surface area contributed by atoms with E-state index in [0.717, 1.165) is 22.4 Å². The van der Waals surface area contributed by atoms with Gasteiger partial charge in [0.15, 0.2) is 0 Å². The SMILES string of the molecule is CC(NC(=O)CN1CCN(CC(=O)Nc2ccccc2C(F)(F)F)CC1)c1cccc2ccccc12. The Morgan fingerprint density at radius 3 is 2.11 bits per heavy atom. The molecule has 0 aliphatic carbocycles. The summed E-state index contributed by atoms with van der Waals surface area (Å²) in [5.41, 5.74) is -0.0538. The molecule has 2 N–H and O–H groups in total. The molecule has 1 fully saturated rings. The number of anilines is 1. The van der Waals surface area contributed by atoms with Crippen LogP contribution in [0.3, 0.4) is 0 Å². The van der Waals surface area contributed by atoms with E-state index in [4.69, 9.17) is 0 Å². The number of hydrogen-bond donors (Lipinski definition) is 2. The Morgan fingerprint density at radius 2 is 1.42 bits per heavy atom. The summed E-state index contributed by atoms with van der Waals surface area (Å²) in [6.07, 6.45) is -4.54. The average molecular weight is 499 g/mol. The van der Waals surface area contributed by atoms with Crippen molar-refractivity contribution in [2.75, 3.05) is 44.6 Å². The fraction of sp³-hybridized carbons (Fsp3) is 0.333. The molecular formula is C27H29F3N4O2. The molecule has 6 nitrogen and oxygen atoms in total. The quantitative estimate of drug-likeness (QED) is 0.510. The maximum Gasteiger partial charge on any atom is 0.418 e. The topological polar surface area (TPSA) is 64.7 Å². The molecule has 1 aliphatic heterocycles. The second-order valence-electron chi connectivity index (χ2n) is 9.00. The molecule has 0 saturated carbocycles. The van der Waals surface area contributed by atoms with Gasteiger partial charge >= 0.3 is 6.18 Å². The summed E-state index contributed by atoms with van der Waals surface area (Å²) in [5, 5.41) is 7.68. The maximum absolute atomic E-state index is 13.1. The van der Waals surface area contributed by atoms with Crippen molar-refractivity contribution in [3.8, 4) is 0 Å². The Kier molecular flexibility index (Phi) is 7.91. The minimum absolute atomic E-state index is 0.00958. The molecule has 36 heavy (non-hydrogen) atoms. The van der Waals surface area contributed by atoms with Crippen LogP contribution in [0.25, 0.3) is 10.8 Å². The summed E-state index contributed by atoms with van der Waals surface area (Å²) < 4.78 is 39.4. The zero-order chi connectivity index (χ0) is 25.7. The molecule has 1 atom stereocenters. The van der Waals surface area contributed by atoms with Crippen molar-refractivity contribution in [2.24, 2.45) is 0 Å². The van der Waals surface area contributed by atoms with E-state index in [1.165, 1.54) is 18.2 Å². The maximum atomic E-state index is 13.1. The van der Waals surface area contributed by atoms with E-state index in [9.17, 15) is 22.8 Å². The number of amides is 2. The van der Waals surface area contributed by atoms with Crippen LogP contribution < -0.4 is 10.6 Å². The van der Waals surface area contributed by atoms with Crippen molar-refractivity contribution in [2.45, 2.75) is 19.1 Å². The first-order chi connectivity index (χ1) is 17.2. The summed E-state index contributed by atoms with van der Waals surface area (Å²) in [6, 6.07) is 18.9. The molecule has 0 aromatic heterocycles. The molecule has 4 rings (SSSR count). The van der Waals surface area contributed by atoms with Crippen molar-refractivity contribution >= 4 is 28.3 Å². The number of nitrogens with zero attached hydrogens (tertiary/aromatic N) is 2. The predicted molar refractivity (Wildman–Crippen MR) is 133 cm³/mol. The lowest BCUT2D eigenvalue weighted by Crippen LogP contribution is -2.51. The van der Waals surface area contributed by atoms with E-state index in [-0.39, 0.29) is 30.7 Å². The highest BCUT2D eigenvalue weighted by atomic mass is 19.4. The molecular weight excluding hydrogens is 469 g/mol. The number of rotatable bonds is 7. The minimum Gasteiger partial charge on any atom is -0.348 e. The van der Waals surface area contributed by atoms with Gasteiger partial charge in [-0.2, -0.15) is 13.2 Å². The first-order valence-electron chi connectivity index (χ1n) is 11.9. The Hall–Kier alpha value is -3.43. The van der Waals surface area contributed by atoms with Crippen LogP contribution in [0.2, 0.25) is 0 Å². The zero-order valence-electron chi connectivity index (χ0n) is 20.0. The van der Waals surface area contributed by atoms with Crippen LogP contribution in [0.15, 0.2) is 66.7 Å². The van der Waals surface area contributed by atoms with Gasteiger partial charge < -0.3 is 10.6 Å². The molecule has 3 aromatic carbocycles. The van der Waals surface area contributed by atoms with Gasteiger partial charge in [0.25, 0.3) is 0 Å². The number of alkyl halides is 3. The Labute approximate surface area is 208 Å². The molecule has 1 saturated heterocycles. The number of fused-ring (bicyclic) bond motifs is 1. The van der Waals surface area contributed by atoms with Gasteiger partial charge in [-0.3, -0.25) is 19.4 Å². The van der Waals surface area contributed by atoms with Gasteiger partial charge in [-0.15, -0.1) is 0 Å². The Balaban J connectivity index is 1.24. The third kappa shape index (κ3) is 6.41. The van der Waals surface area contributed by atoms with Crippen molar-refractivity contribution in [1.82, 2.24) is 15.1 Å². The van der Waals surface area contributed by atoms with Crippen LogP contribution >= 0.6 is 0 Å². The smallest absolute Gasteiger partial charge is 0.348 e. The van der Waals surface area contributed by atoms with Gasteiger partial charge in [0.1, 0.15) is 0 Å². The van der Waals surface area contributed by atoms with Gasteiger partial charge in [0.05, 0.1) is 30.4 Å². The van der Waals surface area contributed by atoms with E-state index in [2.05, 4.69) is 10.6 Å². The highest BCUT2D eigenvalue weighted by Gasteiger charge is 2.33. The monoisotopic (exact) mass is 498 g/mol. The predicted octanol–water partition coefficient (Wildman–Crippen LogP) is 4.29. The molecule has 2 amide bonds. The van der Waals surface area contributed by atoms with E-state index in [1.54, 1.807) is 0 Å². The number of carbonyl (C=O) groups is 2. The lowest BCUT2D eigenvalue weighted by molar-refractivity contribution is -0.137. The van der Waals surface area contributed by atoms with Crippen LogP contribution in [0.5, 0.6) is 0 Å². The Morgan fingerprint density at radius 1 is 0.833 bits per heavy atom. The van der Waals surface area contributed by atoms with Gasteiger partial charge in [0.2, 0.25) is 11.8 Å².